The number of aliphatic imine (C=N–C) groups is 1. The van der Waals surface area contributed by atoms with Crippen LogP contribution in [0.1, 0.15) is 34.9 Å². The van der Waals surface area contributed by atoms with Gasteiger partial charge in [-0.2, -0.15) is 0 Å². The molecule has 0 aliphatic carbocycles. The summed E-state index contributed by atoms with van der Waals surface area (Å²) in [5.74, 6) is -0.861. The molecule has 0 bridgehead atoms. The number of carbonyl (C=O) groups excluding carboxylic acids is 3. The molecule has 44 heavy (non-hydrogen) atoms. The van der Waals surface area contributed by atoms with Gasteiger partial charge < -0.3 is 10.2 Å². The number of thioether (sulfide) groups is 1. The number of amidine groups is 1. The molecule has 2 atom stereocenters. The maximum absolute atomic E-state index is 13.9. The zero-order valence-electron chi connectivity index (χ0n) is 23.8. The summed E-state index contributed by atoms with van der Waals surface area (Å²) in [6.07, 6.45) is 3.30. The molecule has 1 aromatic heterocycles. The average Bonchev–Trinajstić information content (AvgIpc) is 3.64. The van der Waals surface area contributed by atoms with E-state index in [0.29, 0.717) is 35.2 Å². The lowest BCUT2D eigenvalue weighted by molar-refractivity contribution is -0.136. The van der Waals surface area contributed by atoms with Gasteiger partial charge in [-0.05, 0) is 66.4 Å². The molecule has 2 aliphatic rings. The first-order valence-electron chi connectivity index (χ1n) is 14.4. The van der Waals surface area contributed by atoms with Crippen molar-refractivity contribution < 1.29 is 18.8 Å². The number of anilines is 1. The summed E-state index contributed by atoms with van der Waals surface area (Å²) in [5.41, 5.74) is 3.36. The summed E-state index contributed by atoms with van der Waals surface area (Å²) in [4.78, 5) is 52.0. The highest BCUT2D eigenvalue weighted by Gasteiger charge is 2.39. The Morgan fingerprint density at radius 1 is 0.977 bits per heavy atom. The first-order chi connectivity index (χ1) is 21.4. The Morgan fingerprint density at radius 3 is 2.52 bits per heavy atom. The third-order valence-corrected chi connectivity index (χ3v) is 8.81. The number of hydrogen-bond donors (Lipinski definition) is 1. The number of benzene rings is 3. The fourth-order valence-electron chi connectivity index (χ4n) is 5.38. The zero-order valence-corrected chi connectivity index (χ0v) is 24.6. The molecule has 3 heterocycles. The molecule has 2 fully saturated rings. The second-order valence-corrected chi connectivity index (χ2v) is 11.7. The quantitative estimate of drug-likeness (QED) is 0.269. The Kier molecular flexibility index (Phi) is 8.79. The standard InChI is InChI=1S/C34H30FN5O3S/c35-25-10-6-12-27(21-25)38-34-40(22-28-11-4-5-18-36-28)33(43)31(44-34)24-14-16-26(17-15-24)37-32(42)29-13-7-19-39(29)30(41)20-23-8-2-1-3-9-23/h1-6,8-12,14-18,21,29,31H,7,13,19-20,22H2,(H,37,42)/b38-34-/t29-,31?/m0/s1. The summed E-state index contributed by atoms with van der Waals surface area (Å²) < 4.78 is 13.9. The molecular formula is C34H30FN5O3S. The van der Waals surface area contributed by atoms with Crippen LogP contribution in [0.2, 0.25) is 0 Å². The predicted molar refractivity (Wildman–Crippen MR) is 169 cm³/mol. The van der Waals surface area contributed by atoms with E-state index < -0.39 is 17.1 Å². The van der Waals surface area contributed by atoms with E-state index in [-0.39, 0.29) is 30.7 Å². The number of halogens is 1. The van der Waals surface area contributed by atoms with Crippen molar-refractivity contribution in [2.24, 2.45) is 4.99 Å². The molecule has 8 nitrogen and oxygen atoms in total. The van der Waals surface area contributed by atoms with Gasteiger partial charge in [0.25, 0.3) is 0 Å². The Hall–Kier alpha value is -4.83. The molecule has 3 aromatic carbocycles. The molecule has 2 saturated heterocycles. The number of aromatic nitrogens is 1. The number of nitrogens with one attached hydrogen (secondary N) is 1. The Balaban J connectivity index is 1.15. The largest absolute Gasteiger partial charge is 0.330 e. The average molecular weight is 608 g/mol. The maximum Gasteiger partial charge on any atom is 0.247 e. The summed E-state index contributed by atoms with van der Waals surface area (Å²) in [7, 11) is 0. The van der Waals surface area contributed by atoms with Crippen molar-refractivity contribution in [2.45, 2.75) is 37.1 Å². The monoisotopic (exact) mass is 607 g/mol. The molecule has 4 aromatic rings. The van der Waals surface area contributed by atoms with E-state index in [2.05, 4.69) is 15.3 Å². The van der Waals surface area contributed by atoms with Gasteiger partial charge in [-0.15, -0.1) is 0 Å². The van der Waals surface area contributed by atoms with E-state index >= 15 is 0 Å². The van der Waals surface area contributed by atoms with Gasteiger partial charge in [0.2, 0.25) is 17.7 Å². The second-order valence-electron chi connectivity index (χ2n) is 10.6. The zero-order chi connectivity index (χ0) is 30.5. The number of pyridine rings is 1. The third kappa shape index (κ3) is 6.70. The molecule has 1 N–H and O–H groups in total. The van der Waals surface area contributed by atoms with E-state index in [9.17, 15) is 18.8 Å². The van der Waals surface area contributed by atoms with Crippen LogP contribution >= 0.6 is 11.8 Å². The summed E-state index contributed by atoms with van der Waals surface area (Å²) >= 11 is 1.29. The third-order valence-electron chi connectivity index (χ3n) is 7.58. The number of rotatable bonds is 8. The van der Waals surface area contributed by atoms with Crippen LogP contribution in [0.15, 0.2) is 108 Å². The maximum atomic E-state index is 13.9. The molecule has 0 radical (unpaired) electrons. The van der Waals surface area contributed by atoms with Gasteiger partial charge in [0, 0.05) is 18.4 Å². The van der Waals surface area contributed by atoms with Gasteiger partial charge in [0.1, 0.15) is 17.1 Å². The lowest BCUT2D eigenvalue weighted by Gasteiger charge is -2.24. The Labute approximate surface area is 259 Å². The molecule has 3 amide bonds. The number of nitrogens with zero attached hydrogens (tertiary/aromatic N) is 4. The van der Waals surface area contributed by atoms with E-state index in [1.165, 1.54) is 23.9 Å². The van der Waals surface area contributed by atoms with Crippen LogP contribution in [0.25, 0.3) is 0 Å². The number of hydrogen-bond acceptors (Lipinski definition) is 6. The van der Waals surface area contributed by atoms with Crippen molar-refractivity contribution in [3.05, 3.63) is 126 Å². The molecule has 0 saturated carbocycles. The van der Waals surface area contributed by atoms with Gasteiger partial charge in [-0.1, -0.05) is 66.4 Å². The van der Waals surface area contributed by atoms with Crippen LogP contribution in [0.5, 0.6) is 0 Å². The lowest BCUT2D eigenvalue weighted by atomic mass is 10.1. The van der Waals surface area contributed by atoms with Gasteiger partial charge in [-0.25, -0.2) is 9.38 Å². The fraction of sp³-hybridized carbons (Fsp3) is 0.206. The van der Waals surface area contributed by atoms with E-state index in [1.54, 1.807) is 40.3 Å². The van der Waals surface area contributed by atoms with Crippen LogP contribution in [-0.2, 0) is 27.3 Å². The first kappa shape index (κ1) is 29.3. The molecule has 6 rings (SSSR count). The SMILES string of the molecule is O=C(Nc1ccc(C2S/C(=N\c3cccc(F)c3)N(Cc3ccccn3)C2=O)cc1)[C@@H]1CCCN1C(=O)Cc1ccccc1. The summed E-state index contributed by atoms with van der Waals surface area (Å²) in [6.45, 7) is 0.782. The summed E-state index contributed by atoms with van der Waals surface area (Å²) in [6, 6.07) is 27.6. The van der Waals surface area contributed by atoms with Gasteiger partial charge in [0.15, 0.2) is 5.17 Å². The van der Waals surface area contributed by atoms with Crippen LogP contribution < -0.4 is 5.32 Å². The van der Waals surface area contributed by atoms with Crippen molar-refractivity contribution in [1.29, 1.82) is 0 Å². The van der Waals surface area contributed by atoms with Gasteiger partial charge >= 0.3 is 0 Å². The minimum atomic E-state index is -0.572. The highest BCUT2D eigenvalue weighted by Crippen LogP contribution is 2.41. The smallest absolute Gasteiger partial charge is 0.247 e. The Morgan fingerprint density at radius 2 is 1.77 bits per heavy atom. The molecule has 2 aliphatic heterocycles. The van der Waals surface area contributed by atoms with Crippen LogP contribution in [0.3, 0.4) is 0 Å². The van der Waals surface area contributed by atoms with Crippen molar-refractivity contribution in [2.75, 3.05) is 11.9 Å². The molecule has 0 spiro atoms. The molecule has 222 valence electrons. The van der Waals surface area contributed by atoms with Crippen molar-refractivity contribution in [1.82, 2.24) is 14.8 Å². The number of carbonyl (C=O) groups is 3. The normalized spacial score (nSPS) is 19.0. The van der Waals surface area contributed by atoms with Crippen molar-refractivity contribution in [3.63, 3.8) is 0 Å². The van der Waals surface area contributed by atoms with Gasteiger partial charge in [0.05, 0.1) is 24.3 Å². The topological polar surface area (TPSA) is 95.0 Å². The van der Waals surface area contributed by atoms with E-state index in [4.69, 9.17) is 0 Å². The minimum Gasteiger partial charge on any atom is -0.330 e. The fourth-order valence-corrected chi connectivity index (χ4v) is 6.56. The van der Waals surface area contributed by atoms with E-state index in [1.807, 2.05) is 60.7 Å². The molecule has 10 heteroatoms. The van der Waals surface area contributed by atoms with Crippen molar-refractivity contribution in [3.8, 4) is 0 Å². The van der Waals surface area contributed by atoms with Crippen molar-refractivity contribution >= 4 is 46.0 Å². The molecular weight excluding hydrogens is 577 g/mol. The highest BCUT2D eigenvalue weighted by atomic mass is 32.2. The molecule has 1 unspecified atom stereocenters. The number of amides is 3. The predicted octanol–water partition coefficient (Wildman–Crippen LogP) is 5.90. The first-order valence-corrected chi connectivity index (χ1v) is 15.3. The minimum absolute atomic E-state index is 0.0630. The summed E-state index contributed by atoms with van der Waals surface area (Å²) in [5, 5.41) is 2.83. The van der Waals surface area contributed by atoms with Crippen LogP contribution in [0, 0.1) is 5.82 Å². The number of likely N-dealkylation sites (tertiary alicyclic amines) is 1. The van der Waals surface area contributed by atoms with Crippen LogP contribution in [0.4, 0.5) is 15.8 Å². The Bertz CT molecular complexity index is 1680. The second kappa shape index (κ2) is 13.2. The van der Waals surface area contributed by atoms with E-state index in [0.717, 1.165) is 17.5 Å². The lowest BCUT2D eigenvalue weighted by Crippen LogP contribution is -2.43. The van der Waals surface area contributed by atoms with Gasteiger partial charge in [-0.3, -0.25) is 24.3 Å². The van der Waals surface area contributed by atoms with Crippen LogP contribution in [-0.4, -0.2) is 50.3 Å². The highest BCUT2D eigenvalue weighted by molar-refractivity contribution is 8.15.